The first kappa shape index (κ1) is 19.1. The number of nitrogens with one attached hydrogen (secondary N) is 1. The number of aryl methyl sites for hydroxylation is 1. The Morgan fingerprint density at radius 2 is 1.62 bits per heavy atom. The number of carbonyl (C=O) groups is 1. The van der Waals surface area contributed by atoms with Gasteiger partial charge in [0.2, 0.25) is 5.91 Å². The molecule has 0 aliphatic carbocycles. The second kappa shape index (κ2) is 9.33. The minimum atomic E-state index is 0.293. The van der Waals surface area contributed by atoms with E-state index in [1.807, 2.05) is 12.1 Å². The van der Waals surface area contributed by atoms with Gasteiger partial charge in [-0.1, -0.05) is 31.0 Å². The number of rotatable bonds is 3. The summed E-state index contributed by atoms with van der Waals surface area (Å²) < 4.78 is 0. The summed E-state index contributed by atoms with van der Waals surface area (Å²) in [5.74, 6) is 0.293. The van der Waals surface area contributed by atoms with E-state index in [0.717, 1.165) is 62.9 Å². The molecule has 26 heavy (non-hydrogen) atoms. The maximum atomic E-state index is 12.5. The number of carbonyl (C=O) groups excluding carboxylic acids is 1. The Kier molecular flexibility index (Phi) is 6.86. The van der Waals surface area contributed by atoms with Gasteiger partial charge in [-0.15, -0.1) is 0 Å². The second-order valence-electron chi connectivity index (χ2n) is 7.30. The van der Waals surface area contributed by atoms with Crippen molar-refractivity contribution >= 4 is 28.9 Å². The number of likely N-dealkylation sites (tertiary alicyclic amines) is 1. The van der Waals surface area contributed by atoms with Crippen LogP contribution >= 0.6 is 12.2 Å². The Balaban J connectivity index is 1.44. The van der Waals surface area contributed by atoms with Crippen LogP contribution in [0.3, 0.4) is 0 Å². The minimum Gasteiger partial charge on any atom is -0.346 e. The summed E-state index contributed by atoms with van der Waals surface area (Å²) in [6, 6.07) is 8.18. The zero-order valence-electron chi connectivity index (χ0n) is 15.7. The number of para-hydroxylation sites is 1. The van der Waals surface area contributed by atoms with E-state index in [0.29, 0.717) is 12.5 Å². The van der Waals surface area contributed by atoms with Crippen molar-refractivity contribution in [3.05, 3.63) is 29.8 Å². The van der Waals surface area contributed by atoms with Crippen LogP contribution in [0.1, 0.15) is 31.2 Å². The molecular formula is C20H30N4OS. The van der Waals surface area contributed by atoms with Gasteiger partial charge < -0.3 is 15.1 Å². The number of amides is 1. The van der Waals surface area contributed by atoms with Crippen molar-refractivity contribution in [3.63, 3.8) is 0 Å². The summed E-state index contributed by atoms with van der Waals surface area (Å²) in [4.78, 5) is 19.1. The quantitative estimate of drug-likeness (QED) is 0.824. The molecular weight excluding hydrogens is 344 g/mol. The summed E-state index contributed by atoms with van der Waals surface area (Å²) in [7, 11) is 0. The van der Waals surface area contributed by atoms with Crippen molar-refractivity contribution in [2.75, 3.05) is 51.1 Å². The molecule has 0 aromatic heterocycles. The van der Waals surface area contributed by atoms with Crippen LogP contribution in [-0.4, -0.2) is 71.5 Å². The molecule has 2 aliphatic rings. The first-order chi connectivity index (χ1) is 12.6. The average Bonchev–Trinajstić information content (AvgIpc) is 2.94. The van der Waals surface area contributed by atoms with Gasteiger partial charge >= 0.3 is 0 Å². The van der Waals surface area contributed by atoms with E-state index in [1.165, 1.54) is 18.4 Å². The molecule has 2 fully saturated rings. The molecule has 142 valence electrons. The van der Waals surface area contributed by atoms with Crippen molar-refractivity contribution in [2.45, 2.75) is 32.6 Å². The number of hydrogen-bond donors (Lipinski definition) is 1. The molecule has 5 nitrogen and oxygen atoms in total. The molecule has 0 bridgehead atoms. The normalized spacial score (nSPS) is 19.1. The maximum absolute atomic E-state index is 12.5. The Hall–Kier alpha value is -1.66. The topological polar surface area (TPSA) is 38.8 Å². The van der Waals surface area contributed by atoms with Crippen LogP contribution in [0.15, 0.2) is 24.3 Å². The van der Waals surface area contributed by atoms with Gasteiger partial charge in [0, 0.05) is 45.0 Å². The fourth-order valence-corrected chi connectivity index (χ4v) is 3.92. The smallest absolute Gasteiger partial charge is 0.236 e. The Bertz CT molecular complexity index is 620. The molecule has 3 rings (SSSR count). The van der Waals surface area contributed by atoms with Crippen LogP contribution in [-0.2, 0) is 4.79 Å². The van der Waals surface area contributed by atoms with E-state index in [9.17, 15) is 4.79 Å². The molecule has 0 atom stereocenters. The number of benzene rings is 1. The van der Waals surface area contributed by atoms with Crippen molar-refractivity contribution in [1.29, 1.82) is 0 Å². The fraction of sp³-hybridized carbons (Fsp3) is 0.600. The third kappa shape index (κ3) is 5.17. The molecule has 1 amide bonds. The number of nitrogens with zero attached hydrogens (tertiary/aromatic N) is 3. The lowest BCUT2D eigenvalue weighted by molar-refractivity contribution is -0.132. The molecule has 6 heteroatoms. The van der Waals surface area contributed by atoms with Crippen LogP contribution < -0.4 is 5.32 Å². The molecule has 0 saturated carbocycles. The highest BCUT2D eigenvalue weighted by Gasteiger charge is 2.23. The van der Waals surface area contributed by atoms with Crippen LogP contribution in [0, 0.1) is 6.92 Å². The van der Waals surface area contributed by atoms with Gasteiger partial charge in [0.15, 0.2) is 5.11 Å². The highest BCUT2D eigenvalue weighted by molar-refractivity contribution is 7.80. The number of piperazine rings is 1. The maximum Gasteiger partial charge on any atom is 0.236 e. The van der Waals surface area contributed by atoms with Crippen molar-refractivity contribution in [2.24, 2.45) is 0 Å². The van der Waals surface area contributed by atoms with E-state index >= 15 is 0 Å². The van der Waals surface area contributed by atoms with Gasteiger partial charge in [-0.25, -0.2) is 0 Å². The number of thiocarbonyl (C=S) groups is 1. The van der Waals surface area contributed by atoms with Gasteiger partial charge in [-0.05, 0) is 43.6 Å². The Labute approximate surface area is 162 Å². The van der Waals surface area contributed by atoms with Gasteiger partial charge in [0.1, 0.15) is 0 Å². The van der Waals surface area contributed by atoms with E-state index in [-0.39, 0.29) is 0 Å². The molecule has 0 radical (unpaired) electrons. The SMILES string of the molecule is Cc1ccccc1NC(=S)N1CCN(CC(=O)N2CCCCCC2)CC1. The van der Waals surface area contributed by atoms with Crippen LogP contribution in [0.4, 0.5) is 5.69 Å². The lowest BCUT2D eigenvalue weighted by Crippen LogP contribution is -2.52. The number of hydrogen-bond acceptors (Lipinski definition) is 3. The standard InChI is InChI=1S/C20H30N4OS/c1-17-8-4-5-9-18(17)21-20(26)24-14-12-22(13-15-24)16-19(25)23-10-6-2-3-7-11-23/h4-5,8-9H,2-3,6-7,10-16H2,1H3,(H,21,26). The van der Waals surface area contributed by atoms with E-state index in [1.54, 1.807) is 0 Å². The summed E-state index contributed by atoms with van der Waals surface area (Å²) >= 11 is 5.58. The second-order valence-corrected chi connectivity index (χ2v) is 7.69. The largest absolute Gasteiger partial charge is 0.346 e. The Morgan fingerprint density at radius 3 is 2.27 bits per heavy atom. The van der Waals surface area contributed by atoms with Crippen LogP contribution in [0.2, 0.25) is 0 Å². The fourth-order valence-electron chi connectivity index (χ4n) is 3.63. The monoisotopic (exact) mass is 374 g/mol. The lowest BCUT2D eigenvalue weighted by Gasteiger charge is -2.36. The first-order valence-electron chi connectivity index (χ1n) is 9.75. The molecule has 1 aromatic carbocycles. The highest BCUT2D eigenvalue weighted by atomic mass is 32.1. The first-order valence-corrected chi connectivity index (χ1v) is 10.2. The zero-order chi connectivity index (χ0) is 18.4. The minimum absolute atomic E-state index is 0.293. The molecule has 2 saturated heterocycles. The summed E-state index contributed by atoms with van der Waals surface area (Å²) in [6.45, 7) is 8.00. The third-order valence-electron chi connectivity index (χ3n) is 5.36. The predicted molar refractivity (Wildman–Crippen MR) is 110 cm³/mol. The number of anilines is 1. The summed E-state index contributed by atoms with van der Waals surface area (Å²) in [5.41, 5.74) is 2.26. The average molecular weight is 375 g/mol. The molecule has 2 heterocycles. The third-order valence-corrected chi connectivity index (χ3v) is 5.72. The molecule has 1 N–H and O–H groups in total. The van der Waals surface area contributed by atoms with Crippen LogP contribution in [0.25, 0.3) is 0 Å². The summed E-state index contributed by atoms with van der Waals surface area (Å²) in [5, 5.41) is 4.13. The lowest BCUT2D eigenvalue weighted by atomic mass is 10.2. The summed E-state index contributed by atoms with van der Waals surface area (Å²) in [6.07, 6.45) is 4.82. The molecule has 1 aromatic rings. The van der Waals surface area contributed by atoms with Gasteiger partial charge in [-0.3, -0.25) is 9.69 Å². The highest BCUT2D eigenvalue weighted by Crippen LogP contribution is 2.15. The zero-order valence-corrected chi connectivity index (χ0v) is 16.6. The molecule has 0 spiro atoms. The van der Waals surface area contributed by atoms with Gasteiger partial charge in [0.25, 0.3) is 0 Å². The molecule has 2 aliphatic heterocycles. The van der Waals surface area contributed by atoms with Crippen molar-refractivity contribution in [3.8, 4) is 0 Å². The Morgan fingerprint density at radius 1 is 0.962 bits per heavy atom. The molecule has 0 unspecified atom stereocenters. The van der Waals surface area contributed by atoms with Gasteiger partial charge in [0.05, 0.1) is 6.54 Å². The van der Waals surface area contributed by atoms with E-state index < -0.39 is 0 Å². The van der Waals surface area contributed by atoms with Crippen molar-refractivity contribution in [1.82, 2.24) is 14.7 Å². The van der Waals surface area contributed by atoms with Crippen molar-refractivity contribution < 1.29 is 4.79 Å². The van der Waals surface area contributed by atoms with Gasteiger partial charge in [-0.2, -0.15) is 0 Å². The van der Waals surface area contributed by atoms with E-state index in [4.69, 9.17) is 12.2 Å². The van der Waals surface area contributed by atoms with E-state index in [2.05, 4.69) is 39.1 Å². The predicted octanol–water partition coefficient (Wildman–Crippen LogP) is 2.71. The van der Waals surface area contributed by atoms with Crippen LogP contribution in [0.5, 0.6) is 0 Å².